The van der Waals surface area contributed by atoms with Gasteiger partial charge in [0, 0.05) is 24.2 Å². The normalized spacial score (nSPS) is 54.5. The van der Waals surface area contributed by atoms with Gasteiger partial charge in [-0.3, -0.25) is 9.59 Å². The summed E-state index contributed by atoms with van der Waals surface area (Å²) in [6.07, 6.45) is 7.57. The number of fused-ring (bicyclic) bond motifs is 5. The summed E-state index contributed by atoms with van der Waals surface area (Å²) in [5, 5.41) is 0. The zero-order valence-corrected chi connectivity index (χ0v) is 12.7. The summed E-state index contributed by atoms with van der Waals surface area (Å²) in [5.41, 5.74) is -0.0140. The number of Topliss-reactive ketones (excluding diaryl/α,β-unsaturated/α-hetero) is 2. The number of rotatable bonds is 0. The topological polar surface area (TPSA) is 34.1 Å². The molecule has 4 aliphatic rings. The third-order valence-corrected chi connectivity index (χ3v) is 7.66. The standard InChI is InChI=1S/C18H26O2/c1-10-15(19)9-11-3-4-12-13(17(10)11)7-8-18(2)14(12)5-6-16(18)20/h10-14,17H,3-9H2,1-2H3/t10?,11-,12-,13+,14+,17+,18+/m1/s1. The van der Waals surface area contributed by atoms with Crippen molar-refractivity contribution in [2.75, 3.05) is 0 Å². The summed E-state index contributed by atoms with van der Waals surface area (Å²) in [6.45, 7) is 4.40. The number of hydrogen-bond acceptors (Lipinski definition) is 2. The molecule has 0 aliphatic heterocycles. The van der Waals surface area contributed by atoms with Gasteiger partial charge in [0.05, 0.1) is 0 Å². The molecule has 4 aliphatic carbocycles. The van der Waals surface area contributed by atoms with Crippen molar-refractivity contribution in [3.63, 3.8) is 0 Å². The molecule has 1 unspecified atom stereocenters. The van der Waals surface area contributed by atoms with Crippen molar-refractivity contribution in [1.29, 1.82) is 0 Å². The second-order valence-electron chi connectivity index (χ2n) is 8.23. The van der Waals surface area contributed by atoms with Gasteiger partial charge in [0.2, 0.25) is 0 Å². The first kappa shape index (κ1) is 13.0. The smallest absolute Gasteiger partial charge is 0.139 e. The zero-order chi connectivity index (χ0) is 14.1. The lowest BCUT2D eigenvalue weighted by Crippen LogP contribution is -2.47. The molecule has 4 fully saturated rings. The SMILES string of the molecule is CC1C(=O)C[C@H]2CC[C@@H]3[C@H](CC[C@]4(C)C(=O)CC[C@@H]34)[C@@H]12. The van der Waals surface area contributed by atoms with Crippen molar-refractivity contribution < 1.29 is 9.59 Å². The molecule has 0 aromatic rings. The Morgan fingerprint density at radius 3 is 2.65 bits per heavy atom. The molecule has 0 saturated heterocycles. The molecule has 4 rings (SSSR count). The molecule has 0 N–H and O–H groups in total. The van der Waals surface area contributed by atoms with Crippen molar-refractivity contribution >= 4 is 11.6 Å². The Kier molecular flexibility index (Phi) is 2.72. The van der Waals surface area contributed by atoms with E-state index < -0.39 is 0 Å². The molecular formula is C18H26O2. The highest BCUT2D eigenvalue weighted by molar-refractivity contribution is 5.87. The van der Waals surface area contributed by atoms with Crippen LogP contribution in [0.2, 0.25) is 0 Å². The van der Waals surface area contributed by atoms with Gasteiger partial charge in [-0.25, -0.2) is 0 Å². The molecule has 4 saturated carbocycles. The van der Waals surface area contributed by atoms with Crippen LogP contribution in [0.15, 0.2) is 0 Å². The molecule has 2 heteroatoms. The van der Waals surface area contributed by atoms with Gasteiger partial charge in [0.25, 0.3) is 0 Å². The maximum absolute atomic E-state index is 12.3. The van der Waals surface area contributed by atoms with E-state index in [1.807, 2.05) is 0 Å². The van der Waals surface area contributed by atoms with Crippen LogP contribution in [-0.2, 0) is 9.59 Å². The average Bonchev–Trinajstić information content (AvgIpc) is 2.89. The number of carbonyl (C=O) groups is 2. The first-order valence-corrected chi connectivity index (χ1v) is 8.58. The molecule has 0 spiro atoms. The third-order valence-electron chi connectivity index (χ3n) is 7.66. The van der Waals surface area contributed by atoms with Crippen molar-refractivity contribution in [3.05, 3.63) is 0 Å². The van der Waals surface area contributed by atoms with E-state index in [0.29, 0.717) is 29.3 Å². The van der Waals surface area contributed by atoms with Crippen LogP contribution in [0.4, 0.5) is 0 Å². The Balaban J connectivity index is 1.65. The number of ketones is 2. The molecule has 0 aromatic heterocycles. The van der Waals surface area contributed by atoms with Crippen LogP contribution in [0.3, 0.4) is 0 Å². The Morgan fingerprint density at radius 2 is 1.85 bits per heavy atom. The molecular weight excluding hydrogens is 248 g/mol. The minimum absolute atomic E-state index is 0.0140. The van der Waals surface area contributed by atoms with Gasteiger partial charge >= 0.3 is 0 Å². The zero-order valence-electron chi connectivity index (χ0n) is 12.7. The van der Waals surface area contributed by atoms with Crippen molar-refractivity contribution in [2.45, 2.75) is 58.8 Å². The van der Waals surface area contributed by atoms with Gasteiger partial charge < -0.3 is 0 Å². The van der Waals surface area contributed by atoms with E-state index in [4.69, 9.17) is 0 Å². The first-order chi connectivity index (χ1) is 9.52. The second kappa shape index (κ2) is 4.18. The van der Waals surface area contributed by atoms with Crippen LogP contribution in [0, 0.1) is 40.9 Å². The molecule has 0 radical (unpaired) electrons. The Bertz CT molecular complexity index is 466. The summed E-state index contributed by atoms with van der Waals surface area (Å²) in [4.78, 5) is 24.4. The monoisotopic (exact) mass is 274 g/mol. The van der Waals surface area contributed by atoms with Crippen LogP contribution < -0.4 is 0 Å². The number of carbonyl (C=O) groups excluding carboxylic acids is 2. The lowest BCUT2D eigenvalue weighted by molar-refractivity contribution is -0.133. The largest absolute Gasteiger partial charge is 0.299 e. The molecule has 0 amide bonds. The van der Waals surface area contributed by atoms with Crippen LogP contribution in [-0.4, -0.2) is 11.6 Å². The maximum Gasteiger partial charge on any atom is 0.139 e. The molecule has 0 heterocycles. The molecule has 0 bridgehead atoms. The third kappa shape index (κ3) is 1.51. The van der Waals surface area contributed by atoms with Gasteiger partial charge in [-0.05, 0) is 61.7 Å². The average molecular weight is 274 g/mol. The lowest BCUT2D eigenvalue weighted by atomic mass is 9.52. The highest BCUT2D eigenvalue weighted by Gasteiger charge is 2.58. The summed E-state index contributed by atoms with van der Waals surface area (Å²) in [5.74, 6) is 4.72. The predicted octanol–water partition coefficient (Wildman–Crippen LogP) is 3.63. The van der Waals surface area contributed by atoms with E-state index in [9.17, 15) is 9.59 Å². The Hall–Kier alpha value is -0.660. The molecule has 2 nitrogen and oxygen atoms in total. The molecule has 0 aromatic carbocycles. The Labute approximate surface area is 121 Å². The summed E-state index contributed by atoms with van der Waals surface area (Å²) in [6, 6.07) is 0. The minimum atomic E-state index is -0.0140. The predicted molar refractivity (Wildman–Crippen MR) is 77.1 cm³/mol. The fraction of sp³-hybridized carbons (Fsp3) is 0.889. The van der Waals surface area contributed by atoms with Crippen LogP contribution >= 0.6 is 0 Å². The summed E-state index contributed by atoms with van der Waals surface area (Å²) < 4.78 is 0. The van der Waals surface area contributed by atoms with Gasteiger partial charge in [0.1, 0.15) is 11.6 Å². The highest BCUT2D eigenvalue weighted by Crippen LogP contribution is 2.62. The van der Waals surface area contributed by atoms with E-state index in [0.717, 1.165) is 37.5 Å². The van der Waals surface area contributed by atoms with Crippen molar-refractivity contribution in [2.24, 2.45) is 40.9 Å². The Morgan fingerprint density at radius 1 is 1.05 bits per heavy atom. The van der Waals surface area contributed by atoms with Crippen molar-refractivity contribution in [3.8, 4) is 0 Å². The summed E-state index contributed by atoms with van der Waals surface area (Å²) in [7, 11) is 0. The van der Waals surface area contributed by atoms with Gasteiger partial charge in [-0.15, -0.1) is 0 Å². The van der Waals surface area contributed by atoms with E-state index in [2.05, 4.69) is 13.8 Å². The number of hydrogen-bond donors (Lipinski definition) is 0. The van der Waals surface area contributed by atoms with E-state index in [1.54, 1.807) is 0 Å². The van der Waals surface area contributed by atoms with Crippen LogP contribution in [0.25, 0.3) is 0 Å². The van der Waals surface area contributed by atoms with E-state index >= 15 is 0 Å². The quantitative estimate of drug-likeness (QED) is 0.676. The fourth-order valence-corrected chi connectivity index (χ4v) is 6.61. The van der Waals surface area contributed by atoms with Crippen LogP contribution in [0.1, 0.15) is 58.8 Å². The summed E-state index contributed by atoms with van der Waals surface area (Å²) >= 11 is 0. The minimum Gasteiger partial charge on any atom is -0.299 e. The molecule has 110 valence electrons. The van der Waals surface area contributed by atoms with Gasteiger partial charge in [-0.2, -0.15) is 0 Å². The van der Waals surface area contributed by atoms with E-state index in [-0.39, 0.29) is 11.3 Å². The second-order valence-corrected chi connectivity index (χ2v) is 8.23. The maximum atomic E-state index is 12.3. The first-order valence-electron chi connectivity index (χ1n) is 8.58. The van der Waals surface area contributed by atoms with Crippen LogP contribution in [0.5, 0.6) is 0 Å². The van der Waals surface area contributed by atoms with Crippen molar-refractivity contribution in [1.82, 2.24) is 0 Å². The van der Waals surface area contributed by atoms with E-state index in [1.165, 1.54) is 19.3 Å². The fourth-order valence-electron chi connectivity index (χ4n) is 6.61. The van der Waals surface area contributed by atoms with Gasteiger partial charge in [-0.1, -0.05) is 13.8 Å². The highest BCUT2D eigenvalue weighted by atomic mass is 16.1. The molecule has 7 atom stereocenters. The van der Waals surface area contributed by atoms with Gasteiger partial charge in [0.15, 0.2) is 0 Å². The lowest BCUT2D eigenvalue weighted by Gasteiger charge is -2.52. The molecule has 20 heavy (non-hydrogen) atoms.